The summed E-state index contributed by atoms with van der Waals surface area (Å²) >= 11 is 1.82. The summed E-state index contributed by atoms with van der Waals surface area (Å²) in [4.78, 5) is 12.3. The number of nitrogens with zero attached hydrogens (tertiary/aromatic N) is 4. The Balaban J connectivity index is 1.26. The van der Waals surface area contributed by atoms with Gasteiger partial charge in [0.15, 0.2) is 8.07 Å². The number of imidazole rings is 1. The van der Waals surface area contributed by atoms with E-state index in [1.165, 1.54) is 36.4 Å². The van der Waals surface area contributed by atoms with Crippen molar-refractivity contribution in [3.05, 3.63) is 188 Å². The molecule has 0 unspecified atom stereocenters. The maximum Gasteiger partial charge on any atom is 0.182 e. The molecule has 0 bridgehead atoms. The van der Waals surface area contributed by atoms with Crippen LogP contribution in [0.25, 0.3) is 50.0 Å². The zero-order valence-electron chi connectivity index (χ0n) is 30.5. The van der Waals surface area contributed by atoms with E-state index in [1.54, 1.807) is 0 Å². The van der Waals surface area contributed by atoms with E-state index in [9.17, 15) is 0 Å². The second-order valence-corrected chi connectivity index (χ2v) is 19.0. The molecular formula is C49H34N4OSSi. The molecule has 0 saturated carbocycles. The Morgan fingerprint density at radius 1 is 0.607 bits per heavy atom. The average Bonchev–Trinajstić information content (AvgIpc) is 3.78. The number of para-hydroxylation sites is 3. The molecule has 0 N–H and O–H groups in total. The van der Waals surface area contributed by atoms with Crippen molar-refractivity contribution >= 4 is 73.4 Å². The predicted octanol–water partition coefficient (Wildman–Crippen LogP) is 9.37. The first-order chi connectivity index (χ1) is 27.7. The highest BCUT2D eigenvalue weighted by atomic mass is 32.2. The van der Waals surface area contributed by atoms with Gasteiger partial charge in [0.25, 0.3) is 0 Å². The highest BCUT2D eigenvalue weighted by Crippen LogP contribution is 2.46. The summed E-state index contributed by atoms with van der Waals surface area (Å²) in [6.45, 7) is 0. The fourth-order valence-corrected chi connectivity index (χ4v) is 16.1. The number of hydrogen-bond acceptors (Lipinski definition) is 4. The molecule has 0 amide bonds. The SMILES string of the molecule is Cn1c(-c2cccc(Oc3cc4c(c5c3Sc3ccccc3[Si]5(c3ccccc3)c3ccccc3)c3ccccc3n4-c3ccccn3)c2)nc2ccccc21. The van der Waals surface area contributed by atoms with Gasteiger partial charge in [-0.25, -0.2) is 9.97 Å². The molecule has 3 aromatic heterocycles. The van der Waals surface area contributed by atoms with Crippen LogP contribution in [0, 0.1) is 0 Å². The van der Waals surface area contributed by atoms with Gasteiger partial charge in [0.1, 0.15) is 23.1 Å². The summed E-state index contributed by atoms with van der Waals surface area (Å²) in [6.07, 6.45) is 1.87. The molecule has 1 aliphatic rings. The molecule has 7 heteroatoms. The van der Waals surface area contributed by atoms with Crippen LogP contribution in [0.3, 0.4) is 0 Å². The van der Waals surface area contributed by atoms with Gasteiger partial charge < -0.3 is 9.30 Å². The lowest BCUT2D eigenvalue weighted by molar-refractivity contribution is 0.473. The Morgan fingerprint density at radius 3 is 2.07 bits per heavy atom. The quantitative estimate of drug-likeness (QED) is 0.159. The van der Waals surface area contributed by atoms with E-state index in [0.29, 0.717) is 0 Å². The normalized spacial score (nSPS) is 13.2. The first-order valence-electron chi connectivity index (χ1n) is 18.8. The Hall–Kier alpha value is -6.67. The minimum Gasteiger partial charge on any atom is -0.456 e. The van der Waals surface area contributed by atoms with Crippen LogP contribution >= 0.6 is 11.8 Å². The second-order valence-electron chi connectivity index (χ2n) is 14.2. The highest BCUT2D eigenvalue weighted by Gasteiger charge is 2.49. The maximum atomic E-state index is 7.26. The van der Waals surface area contributed by atoms with Gasteiger partial charge in [-0.15, -0.1) is 0 Å². The van der Waals surface area contributed by atoms with Gasteiger partial charge in [0.2, 0.25) is 0 Å². The molecule has 5 nitrogen and oxygen atoms in total. The number of benzene rings is 7. The molecule has 10 aromatic rings. The molecular weight excluding hydrogens is 721 g/mol. The summed E-state index contributed by atoms with van der Waals surface area (Å²) < 4.78 is 11.7. The fourth-order valence-electron chi connectivity index (χ4n) is 8.84. The number of aromatic nitrogens is 4. The lowest BCUT2D eigenvalue weighted by atomic mass is 10.1. The summed E-state index contributed by atoms with van der Waals surface area (Å²) in [5.41, 5.74) is 5.23. The van der Waals surface area contributed by atoms with Crippen molar-refractivity contribution in [3.8, 4) is 28.7 Å². The molecule has 56 heavy (non-hydrogen) atoms. The summed E-state index contributed by atoms with van der Waals surface area (Å²) in [5, 5.41) is 7.82. The van der Waals surface area contributed by atoms with Gasteiger partial charge >= 0.3 is 0 Å². The Kier molecular flexibility index (Phi) is 7.59. The zero-order valence-corrected chi connectivity index (χ0v) is 32.3. The number of pyridine rings is 1. The Bertz CT molecular complexity index is 3070. The van der Waals surface area contributed by atoms with Crippen molar-refractivity contribution in [2.75, 3.05) is 0 Å². The molecule has 0 spiro atoms. The average molecular weight is 755 g/mol. The van der Waals surface area contributed by atoms with Crippen LogP contribution in [0.1, 0.15) is 0 Å². The Morgan fingerprint density at radius 2 is 1.30 bits per heavy atom. The third-order valence-electron chi connectivity index (χ3n) is 11.2. The van der Waals surface area contributed by atoms with Crippen molar-refractivity contribution in [2.45, 2.75) is 9.79 Å². The van der Waals surface area contributed by atoms with Crippen molar-refractivity contribution in [2.24, 2.45) is 7.05 Å². The van der Waals surface area contributed by atoms with E-state index in [2.05, 4.69) is 186 Å². The van der Waals surface area contributed by atoms with Crippen LogP contribution in [0.5, 0.6) is 11.5 Å². The van der Waals surface area contributed by atoms with Crippen molar-refractivity contribution in [3.63, 3.8) is 0 Å². The van der Waals surface area contributed by atoms with Crippen LogP contribution < -0.4 is 25.5 Å². The standard InChI is InChI=1S/C49H34N4OSSi/c1-52-40-26-11-9-24-38(40)51-49(52)33-17-16-18-34(31-33)54-42-32-41-46(37-23-8-10-25-39(37)53(41)45-29-14-15-30-50-45)48-47(42)55-43-27-12-13-28-44(43)56(48,35-19-4-2-5-20-35)36-21-6-3-7-22-36/h2-32H,1H3. The van der Waals surface area contributed by atoms with Gasteiger partial charge in [-0.2, -0.15) is 0 Å². The summed E-state index contributed by atoms with van der Waals surface area (Å²) in [7, 11) is -0.958. The van der Waals surface area contributed by atoms with Gasteiger partial charge in [0.05, 0.1) is 27.0 Å². The van der Waals surface area contributed by atoms with Gasteiger partial charge in [-0.3, -0.25) is 4.57 Å². The molecule has 0 radical (unpaired) electrons. The largest absolute Gasteiger partial charge is 0.456 e. The molecule has 0 atom stereocenters. The number of hydrogen-bond donors (Lipinski definition) is 0. The minimum atomic E-state index is -3.03. The van der Waals surface area contributed by atoms with Crippen molar-refractivity contribution < 1.29 is 4.74 Å². The molecule has 1 aliphatic heterocycles. The lowest BCUT2D eigenvalue weighted by Gasteiger charge is -2.41. The number of ether oxygens (including phenoxy) is 1. The van der Waals surface area contributed by atoms with Crippen LogP contribution in [-0.2, 0) is 7.05 Å². The topological polar surface area (TPSA) is 44.9 Å². The first-order valence-corrected chi connectivity index (χ1v) is 21.6. The van der Waals surface area contributed by atoms with Crippen molar-refractivity contribution in [1.82, 2.24) is 19.1 Å². The second kappa shape index (κ2) is 13.0. The van der Waals surface area contributed by atoms with Crippen LogP contribution in [0.4, 0.5) is 0 Å². The van der Waals surface area contributed by atoms with E-state index < -0.39 is 8.07 Å². The van der Waals surface area contributed by atoms with E-state index >= 15 is 0 Å². The lowest BCUT2D eigenvalue weighted by Crippen LogP contribution is -2.76. The van der Waals surface area contributed by atoms with Crippen LogP contribution in [-0.4, -0.2) is 27.2 Å². The predicted molar refractivity (Wildman–Crippen MR) is 233 cm³/mol. The van der Waals surface area contributed by atoms with E-state index in [0.717, 1.165) is 55.7 Å². The minimum absolute atomic E-state index is 0.753. The van der Waals surface area contributed by atoms with Crippen LogP contribution in [0.15, 0.2) is 198 Å². The molecule has 266 valence electrons. The van der Waals surface area contributed by atoms with Crippen molar-refractivity contribution in [1.29, 1.82) is 0 Å². The molecule has 0 fully saturated rings. The maximum absolute atomic E-state index is 7.26. The number of aryl methyl sites for hydroxylation is 1. The molecule has 0 saturated heterocycles. The molecule has 4 heterocycles. The third kappa shape index (κ3) is 4.88. The van der Waals surface area contributed by atoms with E-state index in [1.807, 2.05) is 30.1 Å². The summed E-state index contributed by atoms with van der Waals surface area (Å²) in [6, 6.07) is 65.2. The number of rotatable bonds is 6. The van der Waals surface area contributed by atoms with Crippen LogP contribution in [0.2, 0.25) is 0 Å². The smallest absolute Gasteiger partial charge is 0.182 e. The monoisotopic (exact) mass is 754 g/mol. The first kappa shape index (κ1) is 32.7. The van der Waals surface area contributed by atoms with E-state index in [4.69, 9.17) is 14.7 Å². The third-order valence-corrected chi connectivity index (χ3v) is 17.6. The summed E-state index contributed by atoms with van der Waals surface area (Å²) in [5.74, 6) is 3.33. The van der Waals surface area contributed by atoms with Gasteiger partial charge in [0, 0.05) is 40.5 Å². The fraction of sp³-hybridized carbons (Fsp3) is 0.0204. The highest BCUT2D eigenvalue weighted by molar-refractivity contribution is 8.00. The Labute approximate surface area is 329 Å². The van der Waals surface area contributed by atoms with Gasteiger partial charge in [-0.1, -0.05) is 139 Å². The molecule has 7 aromatic carbocycles. The number of fused-ring (bicyclic) bond motifs is 7. The van der Waals surface area contributed by atoms with E-state index in [-0.39, 0.29) is 0 Å². The van der Waals surface area contributed by atoms with Gasteiger partial charge in [-0.05, 0) is 69.3 Å². The zero-order chi connectivity index (χ0) is 37.2. The molecule has 0 aliphatic carbocycles. The molecule has 11 rings (SSSR count).